The summed E-state index contributed by atoms with van der Waals surface area (Å²) in [5, 5.41) is 5.73. The van der Waals surface area contributed by atoms with E-state index in [2.05, 4.69) is 22.8 Å². The van der Waals surface area contributed by atoms with Gasteiger partial charge in [0, 0.05) is 29.8 Å². The average Bonchev–Trinajstić information content (AvgIpc) is 2.77. The first-order chi connectivity index (χ1) is 14.5. The lowest BCUT2D eigenvalue weighted by atomic mass is 10.1. The van der Waals surface area contributed by atoms with E-state index in [4.69, 9.17) is 4.74 Å². The molecule has 3 aromatic carbocycles. The van der Waals surface area contributed by atoms with Gasteiger partial charge >= 0.3 is 0 Å². The number of nitrogens with one attached hydrogen (secondary N) is 2. The van der Waals surface area contributed by atoms with Gasteiger partial charge in [0.05, 0.1) is 6.61 Å². The van der Waals surface area contributed by atoms with E-state index in [1.165, 1.54) is 5.56 Å². The average molecular weight is 402 g/mol. The van der Waals surface area contributed by atoms with Crippen LogP contribution >= 0.6 is 0 Å². The summed E-state index contributed by atoms with van der Waals surface area (Å²) < 4.78 is 5.81. The molecule has 154 valence electrons. The number of amides is 2. The molecule has 30 heavy (non-hydrogen) atoms. The Kier molecular flexibility index (Phi) is 7.22. The van der Waals surface area contributed by atoms with Gasteiger partial charge in [0.15, 0.2) is 0 Å². The zero-order chi connectivity index (χ0) is 21.3. The Bertz CT molecular complexity index is 1020. The highest BCUT2D eigenvalue weighted by atomic mass is 16.5. The van der Waals surface area contributed by atoms with Gasteiger partial charge in [-0.15, -0.1) is 0 Å². The summed E-state index contributed by atoms with van der Waals surface area (Å²) in [7, 11) is 0. The number of carbonyl (C=O) groups is 2. The highest BCUT2D eigenvalue weighted by Crippen LogP contribution is 2.22. The maximum absolute atomic E-state index is 12.7. The number of benzene rings is 3. The molecule has 5 nitrogen and oxygen atoms in total. The molecule has 2 N–H and O–H groups in total. The first-order valence-electron chi connectivity index (χ1n) is 10.0. The summed E-state index contributed by atoms with van der Waals surface area (Å²) in [6.07, 6.45) is 1.19. The van der Waals surface area contributed by atoms with Crippen molar-refractivity contribution in [2.45, 2.75) is 26.7 Å². The monoisotopic (exact) mass is 402 g/mol. The molecule has 0 aromatic heterocycles. The molecule has 0 fully saturated rings. The molecule has 3 aromatic rings. The van der Waals surface area contributed by atoms with Crippen molar-refractivity contribution in [2.75, 3.05) is 17.2 Å². The second kappa shape index (κ2) is 10.3. The molecule has 0 aliphatic carbocycles. The molecule has 0 atom stereocenters. The van der Waals surface area contributed by atoms with E-state index in [0.29, 0.717) is 35.7 Å². The summed E-state index contributed by atoms with van der Waals surface area (Å²) in [6.45, 7) is 4.24. The van der Waals surface area contributed by atoms with Gasteiger partial charge in [-0.05, 0) is 48.4 Å². The van der Waals surface area contributed by atoms with Crippen LogP contribution in [-0.2, 0) is 11.2 Å². The van der Waals surface area contributed by atoms with Crippen molar-refractivity contribution < 1.29 is 14.3 Å². The minimum absolute atomic E-state index is 0.0677. The van der Waals surface area contributed by atoms with Crippen LogP contribution in [0.2, 0.25) is 0 Å². The van der Waals surface area contributed by atoms with Crippen LogP contribution in [0.1, 0.15) is 34.8 Å². The predicted molar refractivity (Wildman–Crippen MR) is 120 cm³/mol. The third-order valence-electron chi connectivity index (χ3n) is 4.69. The summed E-state index contributed by atoms with van der Waals surface area (Å²) >= 11 is 0. The van der Waals surface area contributed by atoms with Crippen molar-refractivity contribution in [1.82, 2.24) is 0 Å². The van der Waals surface area contributed by atoms with Crippen LogP contribution in [0, 0.1) is 6.92 Å². The lowest BCUT2D eigenvalue weighted by molar-refractivity contribution is -0.115. The number of rotatable bonds is 8. The SMILES string of the molecule is CCC(=O)Nc1cc(NC(=O)c2cccc(OCCc3ccccc3)c2)ccc1C. The third-order valence-corrected chi connectivity index (χ3v) is 4.69. The number of ether oxygens (including phenoxy) is 1. The molecule has 0 saturated carbocycles. The minimum atomic E-state index is -0.236. The largest absolute Gasteiger partial charge is 0.493 e. The standard InChI is InChI=1S/C25H26N2O3/c1-3-24(28)27-23-17-21(13-12-18(23)2)26-25(29)20-10-7-11-22(16-20)30-15-14-19-8-5-4-6-9-19/h4-13,16-17H,3,14-15H2,1-2H3,(H,26,29)(H,27,28). The molecule has 0 aliphatic heterocycles. The quantitative estimate of drug-likeness (QED) is 0.543. The fourth-order valence-electron chi connectivity index (χ4n) is 2.93. The second-order valence-corrected chi connectivity index (χ2v) is 7.00. The number of hydrogen-bond donors (Lipinski definition) is 2. The van der Waals surface area contributed by atoms with Gasteiger partial charge in [-0.2, -0.15) is 0 Å². The van der Waals surface area contributed by atoms with Crippen molar-refractivity contribution in [3.63, 3.8) is 0 Å². The number of aryl methyl sites for hydroxylation is 1. The molecule has 0 heterocycles. The van der Waals surface area contributed by atoms with Gasteiger partial charge in [-0.1, -0.05) is 49.4 Å². The molecule has 3 rings (SSSR count). The van der Waals surface area contributed by atoms with Crippen LogP contribution < -0.4 is 15.4 Å². The Labute approximate surface area is 177 Å². The summed E-state index contributed by atoms with van der Waals surface area (Å²) in [4.78, 5) is 24.4. The molecular formula is C25H26N2O3. The van der Waals surface area contributed by atoms with Gasteiger partial charge < -0.3 is 15.4 Å². The van der Waals surface area contributed by atoms with Crippen molar-refractivity contribution in [1.29, 1.82) is 0 Å². The van der Waals surface area contributed by atoms with Gasteiger partial charge in [-0.25, -0.2) is 0 Å². The first-order valence-corrected chi connectivity index (χ1v) is 10.0. The normalized spacial score (nSPS) is 10.3. The molecule has 0 bridgehead atoms. The van der Waals surface area contributed by atoms with E-state index < -0.39 is 0 Å². The molecule has 0 aliphatic rings. The lowest BCUT2D eigenvalue weighted by Gasteiger charge is -2.12. The third kappa shape index (κ3) is 5.95. The van der Waals surface area contributed by atoms with Gasteiger partial charge in [0.2, 0.25) is 5.91 Å². The van der Waals surface area contributed by atoms with Gasteiger partial charge in [-0.3, -0.25) is 9.59 Å². The van der Waals surface area contributed by atoms with E-state index in [1.807, 2.05) is 43.3 Å². The minimum Gasteiger partial charge on any atom is -0.493 e. The van der Waals surface area contributed by atoms with Crippen molar-refractivity contribution in [3.8, 4) is 5.75 Å². The van der Waals surface area contributed by atoms with Crippen LogP contribution in [0.25, 0.3) is 0 Å². The number of hydrogen-bond acceptors (Lipinski definition) is 3. The molecular weight excluding hydrogens is 376 g/mol. The topological polar surface area (TPSA) is 67.4 Å². The van der Waals surface area contributed by atoms with E-state index >= 15 is 0 Å². The maximum Gasteiger partial charge on any atom is 0.255 e. The fraction of sp³-hybridized carbons (Fsp3) is 0.200. The zero-order valence-electron chi connectivity index (χ0n) is 17.3. The summed E-state index contributed by atoms with van der Waals surface area (Å²) in [6, 6.07) is 22.7. The first kappa shape index (κ1) is 21.1. The van der Waals surface area contributed by atoms with Crippen LogP contribution in [0.15, 0.2) is 72.8 Å². The van der Waals surface area contributed by atoms with E-state index in [9.17, 15) is 9.59 Å². The number of anilines is 2. The van der Waals surface area contributed by atoms with Crippen LogP contribution in [-0.4, -0.2) is 18.4 Å². The van der Waals surface area contributed by atoms with Crippen molar-refractivity contribution in [3.05, 3.63) is 89.5 Å². The van der Waals surface area contributed by atoms with E-state index in [0.717, 1.165) is 12.0 Å². The Morgan fingerprint density at radius 1 is 0.900 bits per heavy atom. The molecule has 0 saturated heterocycles. The molecule has 0 spiro atoms. The van der Waals surface area contributed by atoms with Crippen molar-refractivity contribution in [2.24, 2.45) is 0 Å². The Morgan fingerprint density at radius 2 is 1.70 bits per heavy atom. The van der Waals surface area contributed by atoms with E-state index in [-0.39, 0.29) is 11.8 Å². The highest BCUT2D eigenvalue weighted by molar-refractivity contribution is 6.05. The Balaban J connectivity index is 1.62. The molecule has 2 amide bonds. The smallest absolute Gasteiger partial charge is 0.255 e. The lowest BCUT2D eigenvalue weighted by Crippen LogP contribution is -2.14. The summed E-state index contributed by atoms with van der Waals surface area (Å²) in [5.74, 6) is 0.348. The van der Waals surface area contributed by atoms with E-state index in [1.54, 1.807) is 31.2 Å². The Hall–Kier alpha value is -3.60. The highest BCUT2D eigenvalue weighted by Gasteiger charge is 2.10. The summed E-state index contributed by atoms with van der Waals surface area (Å²) in [5.41, 5.74) is 3.96. The second-order valence-electron chi connectivity index (χ2n) is 7.00. The number of carbonyl (C=O) groups excluding carboxylic acids is 2. The zero-order valence-corrected chi connectivity index (χ0v) is 17.3. The van der Waals surface area contributed by atoms with Crippen LogP contribution in [0.3, 0.4) is 0 Å². The molecule has 0 unspecified atom stereocenters. The van der Waals surface area contributed by atoms with Crippen LogP contribution in [0.4, 0.5) is 11.4 Å². The predicted octanol–water partition coefficient (Wildman–Crippen LogP) is 5.22. The van der Waals surface area contributed by atoms with Crippen LogP contribution in [0.5, 0.6) is 5.75 Å². The van der Waals surface area contributed by atoms with Gasteiger partial charge in [0.1, 0.15) is 5.75 Å². The fourth-order valence-corrected chi connectivity index (χ4v) is 2.93. The molecule has 5 heteroatoms. The maximum atomic E-state index is 12.7. The Morgan fingerprint density at radius 3 is 2.47 bits per heavy atom. The van der Waals surface area contributed by atoms with Crippen molar-refractivity contribution >= 4 is 23.2 Å². The molecule has 0 radical (unpaired) electrons. The van der Waals surface area contributed by atoms with Gasteiger partial charge in [0.25, 0.3) is 5.91 Å².